The number of carbonyl (C=O) groups excluding carboxylic acids is 1. The fourth-order valence-corrected chi connectivity index (χ4v) is 1.06. The van der Waals surface area contributed by atoms with Crippen molar-refractivity contribution in [1.82, 2.24) is 0 Å². The van der Waals surface area contributed by atoms with Gasteiger partial charge in [-0.3, -0.25) is 0 Å². The summed E-state index contributed by atoms with van der Waals surface area (Å²) in [5.41, 5.74) is -0.238. The van der Waals surface area contributed by atoms with E-state index in [0.717, 1.165) is 0 Å². The largest absolute Gasteiger partial charge is 0.550 e. The molecule has 54 valence electrons. The molecular weight excluding hydrogens is 132 g/mol. The van der Waals surface area contributed by atoms with Gasteiger partial charge in [0.2, 0.25) is 0 Å². The highest BCUT2D eigenvalue weighted by Crippen LogP contribution is 2.18. The van der Waals surface area contributed by atoms with E-state index in [4.69, 9.17) is 0 Å². The Morgan fingerprint density at radius 2 is 1.78 bits per heavy atom. The second kappa shape index (κ2) is 2.52. The van der Waals surface area contributed by atoms with Gasteiger partial charge in [0.1, 0.15) is 0 Å². The molecule has 0 aromatic heterocycles. The van der Waals surface area contributed by atoms with Crippen LogP contribution < -0.4 is 5.11 Å². The second-order valence-electron chi connectivity index (χ2n) is 3.41. The van der Waals surface area contributed by atoms with Gasteiger partial charge in [0.15, 0.2) is 0 Å². The van der Waals surface area contributed by atoms with Crippen LogP contribution in [0.15, 0.2) is 0 Å². The highest BCUT2D eigenvalue weighted by atomic mass is 28.3. The van der Waals surface area contributed by atoms with Crippen LogP contribution in [0, 0.1) is 0 Å². The van der Waals surface area contributed by atoms with E-state index in [1.165, 1.54) is 0 Å². The van der Waals surface area contributed by atoms with E-state index in [9.17, 15) is 9.90 Å². The molecule has 0 aliphatic carbocycles. The fraction of sp³-hybridized carbons (Fsp3) is 0.833. The Morgan fingerprint density at radius 1 is 1.44 bits per heavy atom. The lowest BCUT2D eigenvalue weighted by Crippen LogP contribution is -2.39. The van der Waals surface area contributed by atoms with Gasteiger partial charge in [0.25, 0.3) is 0 Å². The predicted molar refractivity (Wildman–Crippen MR) is 37.8 cm³/mol. The highest BCUT2D eigenvalue weighted by Gasteiger charge is 2.22. The zero-order valence-electron chi connectivity index (χ0n) is 6.39. The molecule has 2 nitrogen and oxygen atoms in total. The van der Waals surface area contributed by atoms with Crippen molar-refractivity contribution in [2.75, 3.05) is 0 Å². The van der Waals surface area contributed by atoms with Crippen LogP contribution in [0.4, 0.5) is 0 Å². The number of carbonyl (C=O) groups is 1. The first-order valence-electron chi connectivity index (χ1n) is 3.06. The van der Waals surface area contributed by atoms with Crippen molar-refractivity contribution >= 4 is 14.0 Å². The van der Waals surface area contributed by atoms with Crippen molar-refractivity contribution in [2.24, 2.45) is 0 Å². The van der Waals surface area contributed by atoms with E-state index in [1.54, 1.807) is 6.92 Å². The normalized spacial score (nSPS) is 15.1. The van der Waals surface area contributed by atoms with Crippen LogP contribution in [0.5, 0.6) is 0 Å². The second-order valence-corrected chi connectivity index (χ2v) is 9.00. The van der Waals surface area contributed by atoms with Gasteiger partial charge < -0.3 is 9.90 Å². The Kier molecular flexibility index (Phi) is 2.43. The SMILES string of the molecule is CC(C(=O)[O-])[Si](C)(C)C. The summed E-state index contributed by atoms with van der Waals surface area (Å²) in [6.07, 6.45) is 0. The lowest BCUT2D eigenvalue weighted by atomic mass is 10.5. The van der Waals surface area contributed by atoms with E-state index in [1.807, 2.05) is 19.6 Å². The number of carboxylic acids is 1. The Labute approximate surface area is 56.9 Å². The summed E-state index contributed by atoms with van der Waals surface area (Å²) in [7, 11) is -1.49. The Morgan fingerprint density at radius 3 is 1.78 bits per heavy atom. The van der Waals surface area contributed by atoms with Crippen LogP contribution in [-0.2, 0) is 4.79 Å². The minimum absolute atomic E-state index is 0.238. The first-order valence-corrected chi connectivity index (χ1v) is 6.64. The van der Waals surface area contributed by atoms with E-state index >= 15 is 0 Å². The van der Waals surface area contributed by atoms with Crippen LogP contribution in [0.1, 0.15) is 6.92 Å². The standard InChI is InChI=1S/C6H14O2Si/c1-5(6(7)8)9(2,3)4/h5H,1-4H3,(H,7,8)/p-1. The van der Waals surface area contributed by atoms with E-state index in [2.05, 4.69) is 0 Å². The third kappa shape index (κ3) is 2.65. The summed E-state index contributed by atoms with van der Waals surface area (Å²) in [6, 6.07) is 0. The van der Waals surface area contributed by atoms with Crippen LogP contribution in [0.25, 0.3) is 0 Å². The first-order chi connectivity index (χ1) is 3.85. The predicted octanol–water partition coefficient (Wildman–Crippen LogP) is 0.465. The Hall–Kier alpha value is -0.313. The quantitative estimate of drug-likeness (QED) is 0.530. The molecule has 1 atom stereocenters. The van der Waals surface area contributed by atoms with Gasteiger partial charge in [0.05, 0.1) is 8.07 Å². The van der Waals surface area contributed by atoms with E-state index < -0.39 is 14.0 Å². The highest BCUT2D eigenvalue weighted by molar-refractivity contribution is 6.80. The van der Waals surface area contributed by atoms with E-state index in [0.29, 0.717) is 0 Å². The maximum Gasteiger partial charge on any atom is 0.0533 e. The van der Waals surface area contributed by atoms with Crippen LogP contribution in [0.2, 0.25) is 25.2 Å². The smallest absolute Gasteiger partial charge is 0.0533 e. The van der Waals surface area contributed by atoms with E-state index in [-0.39, 0.29) is 5.54 Å². The fourth-order valence-electron chi connectivity index (χ4n) is 0.354. The first kappa shape index (κ1) is 8.69. The molecule has 0 rings (SSSR count). The molecule has 0 saturated heterocycles. The Balaban J connectivity index is 4.04. The van der Waals surface area contributed by atoms with Gasteiger partial charge in [0, 0.05) is 5.97 Å². The molecule has 0 amide bonds. The maximum absolute atomic E-state index is 10.3. The summed E-state index contributed by atoms with van der Waals surface area (Å²) >= 11 is 0. The molecule has 0 aromatic carbocycles. The van der Waals surface area contributed by atoms with Crippen molar-refractivity contribution in [2.45, 2.75) is 32.1 Å². The van der Waals surface area contributed by atoms with Crippen molar-refractivity contribution in [1.29, 1.82) is 0 Å². The van der Waals surface area contributed by atoms with Crippen molar-refractivity contribution < 1.29 is 9.90 Å². The van der Waals surface area contributed by atoms with Gasteiger partial charge >= 0.3 is 0 Å². The van der Waals surface area contributed by atoms with Gasteiger partial charge in [-0.2, -0.15) is 0 Å². The Bertz CT molecular complexity index is 115. The molecule has 0 saturated carbocycles. The average molecular weight is 145 g/mol. The van der Waals surface area contributed by atoms with Crippen molar-refractivity contribution in [3.63, 3.8) is 0 Å². The molecule has 1 unspecified atom stereocenters. The minimum Gasteiger partial charge on any atom is -0.550 e. The zero-order valence-corrected chi connectivity index (χ0v) is 7.39. The van der Waals surface area contributed by atoms with Gasteiger partial charge in [-0.05, 0) is 5.54 Å². The topological polar surface area (TPSA) is 40.1 Å². The number of rotatable bonds is 2. The minimum atomic E-state index is -1.49. The van der Waals surface area contributed by atoms with Crippen LogP contribution in [-0.4, -0.2) is 14.0 Å². The van der Waals surface area contributed by atoms with Crippen molar-refractivity contribution in [3.05, 3.63) is 0 Å². The molecule has 0 bridgehead atoms. The summed E-state index contributed by atoms with van der Waals surface area (Å²) in [6.45, 7) is 7.79. The molecule has 0 radical (unpaired) electrons. The summed E-state index contributed by atoms with van der Waals surface area (Å²) < 4.78 is 0. The third-order valence-corrected chi connectivity index (χ3v) is 4.49. The summed E-state index contributed by atoms with van der Waals surface area (Å²) in [5.74, 6) is -0.908. The average Bonchev–Trinajstić information content (AvgIpc) is 1.62. The molecule has 0 aliphatic rings. The van der Waals surface area contributed by atoms with Crippen molar-refractivity contribution in [3.8, 4) is 0 Å². The molecule has 0 spiro atoms. The van der Waals surface area contributed by atoms with Gasteiger partial charge in [-0.15, -0.1) is 0 Å². The molecule has 9 heavy (non-hydrogen) atoms. The number of hydrogen-bond donors (Lipinski definition) is 0. The zero-order chi connectivity index (χ0) is 7.65. The number of hydrogen-bond acceptors (Lipinski definition) is 2. The monoisotopic (exact) mass is 145 g/mol. The molecule has 0 aromatic rings. The molecular formula is C6H13O2Si-. The lowest BCUT2D eigenvalue weighted by molar-refractivity contribution is -0.305. The lowest BCUT2D eigenvalue weighted by Gasteiger charge is -2.25. The molecule has 0 N–H and O–H groups in total. The molecule has 0 aliphatic heterocycles. The maximum atomic E-state index is 10.3. The van der Waals surface area contributed by atoms with Crippen LogP contribution in [0.3, 0.4) is 0 Å². The number of aliphatic carboxylic acids is 1. The molecule has 3 heteroatoms. The third-order valence-electron chi connectivity index (χ3n) is 1.65. The molecule has 0 heterocycles. The summed E-state index contributed by atoms with van der Waals surface area (Å²) in [5, 5.41) is 10.3. The number of carboxylic acid groups (broad SMARTS) is 1. The van der Waals surface area contributed by atoms with Gasteiger partial charge in [-0.1, -0.05) is 26.6 Å². The molecule has 0 fully saturated rings. The van der Waals surface area contributed by atoms with Gasteiger partial charge in [-0.25, -0.2) is 0 Å². The summed E-state index contributed by atoms with van der Waals surface area (Å²) in [4.78, 5) is 10.3. The van der Waals surface area contributed by atoms with Crippen LogP contribution >= 0.6 is 0 Å².